The molecule has 3 atom stereocenters. The highest BCUT2D eigenvalue weighted by atomic mass is 35.5. The van der Waals surface area contributed by atoms with E-state index in [9.17, 15) is 9.90 Å². The highest BCUT2D eigenvalue weighted by molar-refractivity contribution is 5.85. The molecule has 4 N–H and O–H groups in total. The summed E-state index contributed by atoms with van der Waals surface area (Å²) in [5.41, 5.74) is 5.70. The molecule has 0 aromatic carbocycles. The Balaban J connectivity index is 0.00000225. The first-order valence-corrected chi connectivity index (χ1v) is 5.73. The maximum absolute atomic E-state index is 11.5. The van der Waals surface area contributed by atoms with E-state index in [1.54, 1.807) is 0 Å². The van der Waals surface area contributed by atoms with Crippen LogP contribution in [0, 0.1) is 11.8 Å². The van der Waals surface area contributed by atoms with Gasteiger partial charge in [0.1, 0.15) is 0 Å². The fraction of sp³-hybridized carbons (Fsp3) is 0.909. The summed E-state index contributed by atoms with van der Waals surface area (Å²) >= 11 is 0. The van der Waals surface area contributed by atoms with E-state index in [4.69, 9.17) is 5.73 Å². The van der Waals surface area contributed by atoms with Gasteiger partial charge in [-0.2, -0.15) is 0 Å². The lowest BCUT2D eigenvalue weighted by atomic mass is 10.0. The van der Waals surface area contributed by atoms with Crippen LogP contribution in [-0.2, 0) is 4.79 Å². The molecule has 3 unspecified atom stereocenters. The number of halogens is 1. The molecule has 0 bridgehead atoms. The molecule has 4 nitrogen and oxygen atoms in total. The van der Waals surface area contributed by atoms with Crippen molar-refractivity contribution >= 4 is 18.3 Å². The smallest absolute Gasteiger partial charge is 0.237 e. The van der Waals surface area contributed by atoms with E-state index in [0.29, 0.717) is 6.54 Å². The van der Waals surface area contributed by atoms with Crippen molar-refractivity contribution in [1.82, 2.24) is 5.32 Å². The van der Waals surface area contributed by atoms with E-state index >= 15 is 0 Å². The number of aliphatic hydroxyl groups is 1. The Morgan fingerprint density at radius 2 is 2.12 bits per heavy atom. The number of carbonyl (C=O) groups is 1. The second-order valence-corrected chi connectivity index (χ2v) is 4.77. The van der Waals surface area contributed by atoms with Crippen molar-refractivity contribution in [2.75, 3.05) is 6.54 Å². The summed E-state index contributed by atoms with van der Waals surface area (Å²) in [5, 5.41) is 12.4. The zero-order valence-corrected chi connectivity index (χ0v) is 10.8. The van der Waals surface area contributed by atoms with Crippen molar-refractivity contribution in [2.24, 2.45) is 17.6 Å². The zero-order valence-electron chi connectivity index (χ0n) is 9.98. The van der Waals surface area contributed by atoms with Crippen LogP contribution in [0.2, 0.25) is 0 Å². The Hall–Kier alpha value is -0.320. The number of aliphatic hydroxyl groups excluding tert-OH is 1. The first-order chi connectivity index (χ1) is 7.02. The van der Waals surface area contributed by atoms with Gasteiger partial charge in [-0.3, -0.25) is 4.79 Å². The van der Waals surface area contributed by atoms with E-state index in [0.717, 1.165) is 19.3 Å². The van der Waals surface area contributed by atoms with E-state index in [1.807, 2.05) is 13.8 Å². The molecular weight excluding hydrogens is 228 g/mol. The summed E-state index contributed by atoms with van der Waals surface area (Å²) in [5.74, 6) is 0.260. The molecule has 96 valence electrons. The standard InChI is InChI=1S/C11H22N2O2.ClH/c1-7(2)10(12)11(15)13-6-8-4-3-5-9(8)14;/h7-10,14H,3-6,12H2,1-2H3,(H,13,15);1H. The molecule has 0 heterocycles. The van der Waals surface area contributed by atoms with Crippen LogP contribution >= 0.6 is 12.4 Å². The number of rotatable bonds is 4. The lowest BCUT2D eigenvalue weighted by Crippen LogP contribution is -2.45. The van der Waals surface area contributed by atoms with E-state index in [1.165, 1.54) is 0 Å². The quantitative estimate of drug-likeness (QED) is 0.687. The topological polar surface area (TPSA) is 75.4 Å². The molecule has 1 rings (SSSR count). The van der Waals surface area contributed by atoms with Crippen LogP contribution in [0.3, 0.4) is 0 Å². The van der Waals surface area contributed by atoms with Gasteiger partial charge >= 0.3 is 0 Å². The number of nitrogens with one attached hydrogen (secondary N) is 1. The molecule has 1 saturated carbocycles. The average Bonchev–Trinajstić information content (AvgIpc) is 2.59. The summed E-state index contributed by atoms with van der Waals surface area (Å²) in [6, 6.07) is -0.441. The monoisotopic (exact) mass is 250 g/mol. The van der Waals surface area contributed by atoms with Gasteiger partial charge < -0.3 is 16.2 Å². The molecule has 0 aromatic rings. The number of hydrogen-bond acceptors (Lipinski definition) is 3. The fourth-order valence-corrected chi connectivity index (χ4v) is 1.91. The minimum Gasteiger partial charge on any atom is -0.393 e. The van der Waals surface area contributed by atoms with Crippen molar-refractivity contribution in [2.45, 2.75) is 45.3 Å². The van der Waals surface area contributed by atoms with Crippen LogP contribution < -0.4 is 11.1 Å². The van der Waals surface area contributed by atoms with Crippen LogP contribution in [-0.4, -0.2) is 29.7 Å². The Kier molecular flexibility index (Phi) is 6.95. The number of amides is 1. The molecule has 0 saturated heterocycles. The highest BCUT2D eigenvalue weighted by Crippen LogP contribution is 2.24. The molecule has 1 aliphatic rings. The van der Waals surface area contributed by atoms with Gasteiger partial charge in [0.25, 0.3) is 0 Å². The number of hydrogen-bond donors (Lipinski definition) is 3. The second kappa shape index (κ2) is 7.09. The first-order valence-electron chi connectivity index (χ1n) is 5.73. The lowest BCUT2D eigenvalue weighted by Gasteiger charge is -2.19. The number of nitrogens with two attached hydrogens (primary N) is 1. The van der Waals surface area contributed by atoms with Crippen LogP contribution in [0.1, 0.15) is 33.1 Å². The predicted molar refractivity (Wildman–Crippen MR) is 66.4 cm³/mol. The number of carbonyl (C=O) groups excluding carboxylic acids is 1. The molecule has 0 aliphatic heterocycles. The zero-order chi connectivity index (χ0) is 11.4. The molecule has 1 aliphatic carbocycles. The van der Waals surface area contributed by atoms with Crippen molar-refractivity contribution in [3.05, 3.63) is 0 Å². The van der Waals surface area contributed by atoms with Crippen molar-refractivity contribution in [3.8, 4) is 0 Å². The minimum absolute atomic E-state index is 0. The molecular formula is C11H23ClN2O2. The van der Waals surface area contributed by atoms with Crippen molar-refractivity contribution in [3.63, 3.8) is 0 Å². The van der Waals surface area contributed by atoms with E-state index in [2.05, 4.69) is 5.32 Å². The van der Waals surface area contributed by atoms with Gasteiger partial charge in [0, 0.05) is 12.5 Å². The fourth-order valence-electron chi connectivity index (χ4n) is 1.91. The van der Waals surface area contributed by atoms with E-state index < -0.39 is 6.04 Å². The maximum atomic E-state index is 11.5. The van der Waals surface area contributed by atoms with Crippen LogP contribution in [0.5, 0.6) is 0 Å². The van der Waals surface area contributed by atoms with E-state index in [-0.39, 0.29) is 36.3 Å². The third-order valence-electron chi connectivity index (χ3n) is 3.18. The normalized spacial score (nSPS) is 26.3. The predicted octanol–water partition coefficient (Wildman–Crippen LogP) is 0.669. The minimum atomic E-state index is -0.441. The Morgan fingerprint density at radius 1 is 1.50 bits per heavy atom. The van der Waals surface area contributed by atoms with Gasteiger partial charge in [-0.1, -0.05) is 20.3 Å². The third-order valence-corrected chi connectivity index (χ3v) is 3.18. The SMILES string of the molecule is CC(C)C(N)C(=O)NCC1CCCC1O.Cl. The Labute approximate surface area is 103 Å². The third kappa shape index (κ3) is 4.28. The molecule has 16 heavy (non-hydrogen) atoms. The first kappa shape index (κ1) is 15.7. The largest absolute Gasteiger partial charge is 0.393 e. The van der Waals surface area contributed by atoms with Crippen LogP contribution in [0.25, 0.3) is 0 Å². The van der Waals surface area contributed by atoms with Crippen LogP contribution in [0.4, 0.5) is 0 Å². The van der Waals surface area contributed by atoms with Gasteiger partial charge in [-0.15, -0.1) is 12.4 Å². The molecule has 5 heteroatoms. The summed E-state index contributed by atoms with van der Waals surface area (Å²) < 4.78 is 0. The Bertz CT molecular complexity index is 224. The second-order valence-electron chi connectivity index (χ2n) is 4.77. The van der Waals surface area contributed by atoms with Gasteiger partial charge in [-0.05, 0) is 18.8 Å². The highest BCUT2D eigenvalue weighted by Gasteiger charge is 2.26. The lowest BCUT2D eigenvalue weighted by molar-refractivity contribution is -0.123. The summed E-state index contributed by atoms with van der Waals surface area (Å²) in [4.78, 5) is 11.5. The van der Waals surface area contributed by atoms with Crippen LogP contribution in [0.15, 0.2) is 0 Å². The van der Waals surface area contributed by atoms with Crippen molar-refractivity contribution in [1.29, 1.82) is 0 Å². The molecule has 0 spiro atoms. The average molecular weight is 251 g/mol. The summed E-state index contributed by atoms with van der Waals surface area (Å²) in [7, 11) is 0. The summed E-state index contributed by atoms with van der Waals surface area (Å²) in [6.45, 7) is 4.41. The molecule has 1 fully saturated rings. The Morgan fingerprint density at radius 3 is 2.56 bits per heavy atom. The molecule has 0 radical (unpaired) electrons. The van der Waals surface area contributed by atoms with Gasteiger partial charge in [0.15, 0.2) is 0 Å². The summed E-state index contributed by atoms with van der Waals surface area (Å²) in [6.07, 6.45) is 2.66. The molecule has 1 amide bonds. The van der Waals surface area contributed by atoms with Gasteiger partial charge in [0.2, 0.25) is 5.91 Å². The maximum Gasteiger partial charge on any atom is 0.237 e. The molecule has 0 aromatic heterocycles. The van der Waals surface area contributed by atoms with Gasteiger partial charge in [0.05, 0.1) is 12.1 Å². The van der Waals surface area contributed by atoms with Gasteiger partial charge in [-0.25, -0.2) is 0 Å². The van der Waals surface area contributed by atoms with Crippen molar-refractivity contribution < 1.29 is 9.90 Å².